The summed E-state index contributed by atoms with van der Waals surface area (Å²) in [5.74, 6) is -8.42. The van der Waals surface area contributed by atoms with Crippen LogP contribution in [0.1, 0.15) is 13.8 Å². The van der Waals surface area contributed by atoms with E-state index < -0.39 is 54.3 Å². The number of aliphatic hydroxyl groups excluding tert-OH is 2. The fourth-order valence-corrected chi connectivity index (χ4v) is 1.05. The molecule has 0 aliphatic rings. The van der Waals surface area contributed by atoms with Crippen LogP contribution in [0.15, 0.2) is 0 Å². The first-order chi connectivity index (χ1) is 8.72. The van der Waals surface area contributed by atoms with Gasteiger partial charge in [0, 0.05) is 13.8 Å². The zero-order valence-electron chi connectivity index (χ0n) is 10.4. The van der Waals surface area contributed by atoms with Crippen molar-refractivity contribution in [1.29, 1.82) is 0 Å². The van der Waals surface area contributed by atoms with Crippen molar-refractivity contribution in [3.05, 3.63) is 0 Å². The van der Waals surface area contributed by atoms with Gasteiger partial charge in [-0.05, 0) is 0 Å². The molecular weight excluding hydrogens is 260 g/mol. The standard InChI is InChI=1S/C11H14O8/c1-5(13)9(16)8(10(17)6(2)14)11(18)19-4-7(15)3-12/h7-8,12,15H,3-4H2,1-2H3. The van der Waals surface area contributed by atoms with Crippen LogP contribution in [0.5, 0.6) is 0 Å². The molecule has 0 rings (SSSR count). The summed E-state index contributed by atoms with van der Waals surface area (Å²) >= 11 is 0. The number of hydrogen-bond donors (Lipinski definition) is 2. The molecule has 0 aromatic carbocycles. The van der Waals surface area contributed by atoms with Gasteiger partial charge in [0.15, 0.2) is 17.5 Å². The Kier molecular flexibility index (Phi) is 6.73. The van der Waals surface area contributed by atoms with Crippen LogP contribution in [0.4, 0.5) is 0 Å². The van der Waals surface area contributed by atoms with Crippen molar-refractivity contribution in [2.75, 3.05) is 13.2 Å². The quantitative estimate of drug-likeness (QED) is 0.289. The van der Waals surface area contributed by atoms with E-state index in [9.17, 15) is 24.0 Å². The Hall–Kier alpha value is -1.93. The van der Waals surface area contributed by atoms with Crippen molar-refractivity contribution in [2.45, 2.75) is 20.0 Å². The average Bonchev–Trinajstić information content (AvgIpc) is 2.35. The molecule has 2 N–H and O–H groups in total. The molecule has 8 nitrogen and oxygen atoms in total. The maximum absolute atomic E-state index is 11.5. The lowest BCUT2D eigenvalue weighted by molar-refractivity contribution is -0.161. The Morgan fingerprint density at radius 3 is 1.74 bits per heavy atom. The van der Waals surface area contributed by atoms with Gasteiger partial charge >= 0.3 is 5.97 Å². The molecule has 8 heteroatoms. The van der Waals surface area contributed by atoms with Crippen LogP contribution >= 0.6 is 0 Å². The van der Waals surface area contributed by atoms with Gasteiger partial charge < -0.3 is 14.9 Å². The van der Waals surface area contributed by atoms with E-state index in [1.807, 2.05) is 0 Å². The Balaban J connectivity index is 4.99. The van der Waals surface area contributed by atoms with E-state index in [0.29, 0.717) is 0 Å². The second-order valence-corrected chi connectivity index (χ2v) is 3.74. The van der Waals surface area contributed by atoms with Crippen molar-refractivity contribution in [3.63, 3.8) is 0 Å². The van der Waals surface area contributed by atoms with Crippen LogP contribution in [0.3, 0.4) is 0 Å². The molecular formula is C11H14O8. The summed E-state index contributed by atoms with van der Waals surface area (Å²) < 4.78 is 4.40. The number of Topliss-reactive ketones (excluding diaryl/α,β-unsaturated/α-hetero) is 4. The summed E-state index contributed by atoms with van der Waals surface area (Å²) in [4.78, 5) is 56.1. The smallest absolute Gasteiger partial charge is 0.325 e. The van der Waals surface area contributed by atoms with E-state index >= 15 is 0 Å². The maximum atomic E-state index is 11.5. The minimum atomic E-state index is -2.15. The lowest BCUT2D eigenvalue weighted by Crippen LogP contribution is -2.40. The van der Waals surface area contributed by atoms with Gasteiger partial charge in [-0.2, -0.15) is 0 Å². The van der Waals surface area contributed by atoms with E-state index in [4.69, 9.17) is 10.2 Å². The lowest BCUT2D eigenvalue weighted by atomic mass is 9.94. The molecule has 0 amide bonds. The maximum Gasteiger partial charge on any atom is 0.325 e. The van der Waals surface area contributed by atoms with Crippen molar-refractivity contribution in [3.8, 4) is 0 Å². The Bertz CT molecular complexity index is 385. The van der Waals surface area contributed by atoms with Crippen molar-refractivity contribution in [1.82, 2.24) is 0 Å². The number of hydrogen-bond acceptors (Lipinski definition) is 8. The summed E-state index contributed by atoms with van der Waals surface area (Å²) in [5, 5.41) is 17.5. The third-order valence-corrected chi connectivity index (χ3v) is 2.08. The third-order valence-electron chi connectivity index (χ3n) is 2.08. The number of rotatable bonds is 8. The number of carbonyl (C=O) groups excluding carboxylic acids is 5. The molecule has 0 radical (unpaired) electrons. The lowest BCUT2D eigenvalue weighted by Gasteiger charge is -2.13. The van der Waals surface area contributed by atoms with Crippen molar-refractivity contribution >= 4 is 29.1 Å². The Labute approximate surface area is 108 Å². The van der Waals surface area contributed by atoms with Crippen LogP contribution < -0.4 is 0 Å². The zero-order valence-corrected chi connectivity index (χ0v) is 10.4. The number of carbonyl (C=O) groups is 5. The molecule has 0 aromatic rings. The van der Waals surface area contributed by atoms with E-state index in [-0.39, 0.29) is 0 Å². The average molecular weight is 274 g/mol. The number of ketones is 4. The normalized spacial score (nSPS) is 11.8. The first-order valence-corrected chi connectivity index (χ1v) is 5.27. The Morgan fingerprint density at radius 1 is 1.00 bits per heavy atom. The van der Waals surface area contributed by atoms with Crippen molar-refractivity contribution < 1.29 is 38.9 Å². The highest BCUT2D eigenvalue weighted by Crippen LogP contribution is 2.07. The second kappa shape index (κ2) is 7.49. The van der Waals surface area contributed by atoms with Gasteiger partial charge in [0.05, 0.1) is 6.61 Å². The van der Waals surface area contributed by atoms with Crippen LogP contribution in [-0.2, 0) is 28.7 Å². The number of ether oxygens (including phenoxy) is 1. The predicted octanol–water partition coefficient (Wildman–Crippen LogP) is -2.18. The van der Waals surface area contributed by atoms with E-state index in [0.717, 1.165) is 13.8 Å². The first kappa shape index (κ1) is 17.1. The van der Waals surface area contributed by atoms with E-state index in [2.05, 4.69) is 4.74 Å². The summed E-state index contributed by atoms with van der Waals surface area (Å²) in [6.07, 6.45) is -1.38. The van der Waals surface area contributed by atoms with Crippen LogP contribution in [0.25, 0.3) is 0 Å². The van der Waals surface area contributed by atoms with Gasteiger partial charge in [0.2, 0.25) is 11.6 Å². The summed E-state index contributed by atoms with van der Waals surface area (Å²) in [5.41, 5.74) is 0. The fraction of sp³-hybridized carbons (Fsp3) is 0.545. The largest absolute Gasteiger partial charge is 0.462 e. The first-order valence-electron chi connectivity index (χ1n) is 5.27. The SMILES string of the molecule is CC(=O)C(=O)C(C(=O)OCC(O)CO)C(=O)C(C)=O. The molecule has 19 heavy (non-hydrogen) atoms. The van der Waals surface area contributed by atoms with Gasteiger partial charge in [-0.1, -0.05) is 0 Å². The molecule has 0 saturated carbocycles. The predicted molar refractivity (Wildman–Crippen MR) is 58.9 cm³/mol. The highest BCUT2D eigenvalue weighted by atomic mass is 16.5. The van der Waals surface area contributed by atoms with Gasteiger partial charge in [0.1, 0.15) is 12.7 Å². The molecule has 0 spiro atoms. The molecule has 0 aliphatic carbocycles. The minimum absolute atomic E-state index is 0.664. The monoisotopic (exact) mass is 274 g/mol. The van der Waals surface area contributed by atoms with E-state index in [1.54, 1.807) is 0 Å². The van der Waals surface area contributed by atoms with Crippen LogP contribution in [-0.4, -0.2) is 58.6 Å². The van der Waals surface area contributed by atoms with Gasteiger partial charge in [-0.3, -0.25) is 24.0 Å². The fourth-order valence-electron chi connectivity index (χ4n) is 1.05. The third kappa shape index (κ3) is 5.06. The minimum Gasteiger partial charge on any atom is -0.462 e. The topological polar surface area (TPSA) is 135 Å². The Morgan fingerprint density at radius 2 is 1.42 bits per heavy atom. The molecule has 0 bridgehead atoms. The van der Waals surface area contributed by atoms with Gasteiger partial charge in [0.25, 0.3) is 0 Å². The van der Waals surface area contributed by atoms with Crippen molar-refractivity contribution in [2.24, 2.45) is 5.92 Å². The van der Waals surface area contributed by atoms with E-state index in [1.165, 1.54) is 0 Å². The molecule has 0 saturated heterocycles. The molecule has 0 aliphatic heterocycles. The molecule has 0 aromatic heterocycles. The summed E-state index contributed by atoms with van der Waals surface area (Å²) in [6.45, 7) is 0.332. The highest BCUT2D eigenvalue weighted by molar-refractivity contribution is 6.53. The molecule has 0 heterocycles. The zero-order chi connectivity index (χ0) is 15.2. The highest BCUT2D eigenvalue weighted by Gasteiger charge is 2.39. The number of esters is 1. The van der Waals surface area contributed by atoms with Gasteiger partial charge in [-0.15, -0.1) is 0 Å². The second-order valence-electron chi connectivity index (χ2n) is 3.74. The molecule has 0 fully saturated rings. The molecule has 1 atom stereocenters. The number of aliphatic hydroxyl groups is 2. The molecule has 1 unspecified atom stereocenters. The summed E-state index contributed by atoms with van der Waals surface area (Å²) in [7, 11) is 0. The van der Waals surface area contributed by atoms with Gasteiger partial charge in [-0.25, -0.2) is 0 Å². The molecule has 106 valence electrons. The van der Waals surface area contributed by atoms with Crippen LogP contribution in [0, 0.1) is 5.92 Å². The van der Waals surface area contributed by atoms with Crippen LogP contribution in [0.2, 0.25) is 0 Å². The summed E-state index contributed by atoms with van der Waals surface area (Å²) in [6, 6.07) is 0.